The Kier molecular flexibility index (Phi) is 4.41. The number of hydrazone groups is 1. The highest BCUT2D eigenvalue weighted by Gasteiger charge is 2.03. The molecular formula is C14H10BrFN2O. The van der Waals surface area contributed by atoms with Gasteiger partial charge in [-0.05, 0) is 30.3 Å². The summed E-state index contributed by atoms with van der Waals surface area (Å²) < 4.78 is 14.1. The lowest BCUT2D eigenvalue weighted by Crippen LogP contribution is -2.17. The molecule has 3 nitrogen and oxygen atoms in total. The number of hydrogen-bond donors (Lipinski definition) is 1. The van der Waals surface area contributed by atoms with Gasteiger partial charge in [0.1, 0.15) is 5.82 Å². The molecule has 5 heteroatoms. The lowest BCUT2D eigenvalue weighted by atomic mass is 10.2. The third-order valence-electron chi connectivity index (χ3n) is 2.36. The van der Waals surface area contributed by atoms with Gasteiger partial charge in [-0.1, -0.05) is 34.1 Å². The van der Waals surface area contributed by atoms with Gasteiger partial charge in [0.25, 0.3) is 5.91 Å². The van der Waals surface area contributed by atoms with Gasteiger partial charge in [-0.3, -0.25) is 4.79 Å². The van der Waals surface area contributed by atoms with Crippen molar-refractivity contribution in [3.8, 4) is 0 Å². The third kappa shape index (κ3) is 3.72. The summed E-state index contributed by atoms with van der Waals surface area (Å²) in [6.45, 7) is 0. The first-order chi connectivity index (χ1) is 9.16. The first-order valence-electron chi connectivity index (χ1n) is 5.50. The van der Waals surface area contributed by atoms with Gasteiger partial charge >= 0.3 is 0 Å². The molecule has 2 rings (SSSR count). The number of rotatable bonds is 3. The SMILES string of the molecule is O=C(N/N=C\c1cc(Br)ccc1F)c1ccccc1. The highest BCUT2D eigenvalue weighted by Crippen LogP contribution is 2.13. The molecule has 0 fully saturated rings. The van der Waals surface area contributed by atoms with Crippen LogP contribution < -0.4 is 5.43 Å². The first kappa shape index (κ1) is 13.4. The van der Waals surface area contributed by atoms with Crippen molar-refractivity contribution in [3.05, 3.63) is 69.9 Å². The smallest absolute Gasteiger partial charge is 0.267 e. The Labute approximate surface area is 118 Å². The molecular weight excluding hydrogens is 311 g/mol. The summed E-state index contributed by atoms with van der Waals surface area (Å²) in [5.74, 6) is -0.742. The first-order valence-corrected chi connectivity index (χ1v) is 6.29. The van der Waals surface area contributed by atoms with Gasteiger partial charge in [0.15, 0.2) is 0 Å². The highest BCUT2D eigenvalue weighted by atomic mass is 79.9. The summed E-state index contributed by atoms with van der Waals surface area (Å²) in [6, 6.07) is 13.2. The fraction of sp³-hybridized carbons (Fsp3) is 0. The second-order valence-electron chi connectivity index (χ2n) is 3.73. The van der Waals surface area contributed by atoms with Gasteiger partial charge in [0, 0.05) is 15.6 Å². The van der Waals surface area contributed by atoms with Crippen LogP contribution in [0, 0.1) is 5.82 Å². The summed E-state index contributed by atoms with van der Waals surface area (Å²) in [5.41, 5.74) is 3.13. The van der Waals surface area contributed by atoms with E-state index >= 15 is 0 Å². The number of nitrogens with one attached hydrogen (secondary N) is 1. The summed E-state index contributed by atoms with van der Waals surface area (Å²) in [4.78, 5) is 11.7. The van der Waals surface area contributed by atoms with E-state index in [4.69, 9.17) is 0 Å². The maximum atomic E-state index is 13.4. The molecule has 0 spiro atoms. The van der Waals surface area contributed by atoms with E-state index in [1.54, 1.807) is 36.4 Å². The van der Waals surface area contributed by atoms with E-state index in [1.165, 1.54) is 12.3 Å². The van der Waals surface area contributed by atoms with Crippen molar-refractivity contribution in [1.29, 1.82) is 0 Å². The van der Waals surface area contributed by atoms with Crippen molar-refractivity contribution >= 4 is 28.1 Å². The molecule has 0 aromatic heterocycles. The zero-order valence-electron chi connectivity index (χ0n) is 9.81. The second kappa shape index (κ2) is 6.24. The minimum atomic E-state index is -0.402. The van der Waals surface area contributed by atoms with E-state index in [2.05, 4.69) is 26.5 Å². The summed E-state index contributed by atoms with van der Waals surface area (Å²) in [5, 5.41) is 3.73. The fourth-order valence-corrected chi connectivity index (χ4v) is 1.81. The van der Waals surface area contributed by atoms with E-state index in [0.29, 0.717) is 11.1 Å². The molecule has 0 aliphatic rings. The van der Waals surface area contributed by atoms with Crippen molar-refractivity contribution in [2.45, 2.75) is 0 Å². The fourth-order valence-electron chi connectivity index (χ4n) is 1.43. The number of amides is 1. The van der Waals surface area contributed by atoms with Crippen molar-refractivity contribution in [2.24, 2.45) is 5.10 Å². The minimum Gasteiger partial charge on any atom is -0.267 e. The predicted octanol–water partition coefficient (Wildman–Crippen LogP) is 3.35. The van der Waals surface area contributed by atoms with Gasteiger partial charge in [-0.15, -0.1) is 0 Å². The number of carbonyl (C=O) groups excluding carboxylic acids is 1. The molecule has 0 heterocycles. The van der Waals surface area contributed by atoms with Crippen LogP contribution in [0.1, 0.15) is 15.9 Å². The number of halogens is 2. The maximum Gasteiger partial charge on any atom is 0.271 e. The summed E-state index contributed by atoms with van der Waals surface area (Å²) in [6.07, 6.45) is 1.26. The number of carbonyl (C=O) groups is 1. The Morgan fingerprint density at radius 2 is 1.95 bits per heavy atom. The third-order valence-corrected chi connectivity index (χ3v) is 2.86. The quantitative estimate of drug-likeness (QED) is 0.684. The van der Waals surface area contributed by atoms with Crippen molar-refractivity contribution in [3.63, 3.8) is 0 Å². The van der Waals surface area contributed by atoms with Crippen molar-refractivity contribution in [1.82, 2.24) is 5.43 Å². The normalized spacial score (nSPS) is 10.6. The lowest BCUT2D eigenvalue weighted by molar-refractivity contribution is 0.0955. The molecule has 0 radical (unpaired) electrons. The van der Waals surface area contributed by atoms with Crippen molar-refractivity contribution in [2.75, 3.05) is 0 Å². The molecule has 0 atom stereocenters. The van der Waals surface area contributed by atoms with Gasteiger partial charge in [0.05, 0.1) is 6.21 Å². The Balaban J connectivity index is 2.04. The molecule has 0 saturated carbocycles. The topological polar surface area (TPSA) is 41.5 Å². The Bertz CT molecular complexity index is 614. The van der Waals surface area contributed by atoms with Gasteiger partial charge < -0.3 is 0 Å². The summed E-state index contributed by atoms with van der Waals surface area (Å²) in [7, 11) is 0. The highest BCUT2D eigenvalue weighted by molar-refractivity contribution is 9.10. The van der Waals surface area contributed by atoms with Gasteiger partial charge in [-0.25, -0.2) is 9.82 Å². The Morgan fingerprint density at radius 3 is 2.68 bits per heavy atom. The second-order valence-corrected chi connectivity index (χ2v) is 4.65. The van der Waals surface area contributed by atoms with E-state index in [-0.39, 0.29) is 5.91 Å². The molecule has 0 bridgehead atoms. The van der Waals surface area contributed by atoms with Crippen LogP contribution in [0.4, 0.5) is 4.39 Å². The van der Waals surface area contributed by atoms with Crippen LogP contribution in [0.15, 0.2) is 58.1 Å². The molecule has 1 amide bonds. The molecule has 0 saturated heterocycles. The Morgan fingerprint density at radius 1 is 1.21 bits per heavy atom. The van der Waals surface area contributed by atoms with Crippen LogP contribution in [-0.4, -0.2) is 12.1 Å². The maximum absolute atomic E-state index is 13.4. The largest absolute Gasteiger partial charge is 0.271 e. The Hall–Kier alpha value is -2.01. The average Bonchev–Trinajstić information content (AvgIpc) is 2.43. The zero-order valence-corrected chi connectivity index (χ0v) is 11.4. The zero-order chi connectivity index (χ0) is 13.7. The van der Waals surface area contributed by atoms with Crippen LogP contribution in [0.3, 0.4) is 0 Å². The molecule has 0 aliphatic heterocycles. The van der Waals surface area contributed by atoms with Gasteiger partial charge in [-0.2, -0.15) is 5.10 Å². The number of nitrogens with zero attached hydrogens (tertiary/aromatic N) is 1. The standard InChI is InChI=1S/C14H10BrFN2O/c15-12-6-7-13(16)11(8-12)9-17-18-14(19)10-4-2-1-3-5-10/h1-9H,(H,18,19)/b17-9-. The predicted molar refractivity (Wildman–Crippen MR) is 75.6 cm³/mol. The molecule has 1 N–H and O–H groups in total. The van der Waals surface area contributed by atoms with Crippen LogP contribution in [0.5, 0.6) is 0 Å². The molecule has 2 aromatic rings. The van der Waals surface area contributed by atoms with Crippen molar-refractivity contribution < 1.29 is 9.18 Å². The molecule has 0 aliphatic carbocycles. The van der Waals surface area contributed by atoms with Gasteiger partial charge in [0.2, 0.25) is 0 Å². The molecule has 96 valence electrons. The molecule has 2 aromatic carbocycles. The van der Waals surface area contributed by atoms with Crippen LogP contribution in [-0.2, 0) is 0 Å². The van der Waals surface area contributed by atoms with E-state index < -0.39 is 5.82 Å². The van der Waals surface area contributed by atoms with E-state index in [0.717, 1.165) is 4.47 Å². The van der Waals surface area contributed by atoms with E-state index in [1.807, 2.05) is 6.07 Å². The van der Waals surface area contributed by atoms with Crippen LogP contribution >= 0.6 is 15.9 Å². The number of hydrogen-bond acceptors (Lipinski definition) is 2. The van der Waals surface area contributed by atoms with Crippen LogP contribution in [0.25, 0.3) is 0 Å². The molecule has 0 unspecified atom stereocenters. The number of benzene rings is 2. The molecule has 19 heavy (non-hydrogen) atoms. The lowest BCUT2D eigenvalue weighted by Gasteiger charge is -2.00. The minimum absolute atomic E-state index is 0.294. The van der Waals surface area contributed by atoms with Crippen LogP contribution in [0.2, 0.25) is 0 Å². The van der Waals surface area contributed by atoms with E-state index in [9.17, 15) is 9.18 Å². The monoisotopic (exact) mass is 320 g/mol. The summed E-state index contributed by atoms with van der Waals surface area (Å²) >= 11 is 3.24. The average molecular weight is 321 g/mol.